The summed E-state index contributed by atoms with van der Waals surface area (Å²) in [6.45, 7) is 3.40. The smallest absolute Gasteiger partial charge is 0.390 e. The lowest BCUT2D eigenvalue weighted by Gasteiger charge is -2.32. The number of para-hydroxylation sites is 1. The second-order valence-corrected chi connectivity index (χ2v) is 6.86. The van der Waals surface area contributed by atoms with E-state index in [0.717, 1.165) is 18.4 Å². The first kappa shape index (κ1) is 17.2. The Morgan fingerprint density at radius 1 is 1.33 bits per heavy atom. The van der Waals surface area contributed by atoms with Gasteiger partial charge in [-0.05, 0) is 42.2 Å². The summed E-state index contributed by atoms with van der Waals surface area (Å²) in [4.78, 5) is 31.3. The van der Waals surface area contributed by atoms with Crippen molar-refractivity contribution in [3.8, 4) is 0 Å². The molecule has 1 N–H and O–H groups in total. The van der Waals surface area contributed by atoms with Crippen LogP contribution >= 0.6 is 0 Å². The Morgan fingerprint density at radius 2 is 2.07 bits per heavy atom. The minimum Gasteiger partial charge on any atom is -0.390 e. The summed E-state index contributed by atoms with van der Waals surface area (Å²) in [5, 5.41) is 15.6. The van der Waals surface area contributed by atoms with Crippen LogP contribution in [0.15, 0.2) is 30.6 Å². The number of likely N-dealkylation sites (tertiary alicyclic amines) is 1. The summed E-state index contributed by atoms with van der Waals surface area (Å²) < 4.78 is 1.22. The zero-order valence-corrected chi connectivity index (χ0v) is 15.0. The van der Waals surface area contributed by atoms with E-state index in [2.05, 4.69) is 40.2 Å². The summed E-state index contributed by atoms with van der Waals surface area (Å²) in [5.74, 6) is -0.169. The van der Waals surface area contributed by atoms with Gasteiger partial charge < -0.3 is 20.0 Å². The SMILES string of the molecule is Cc1[nH]c2ccccc2c1C1CCN(C(=O)Cn2cnc([N+](=O)[O-])n2)CC1. The number of rotatable bonds is 4. The summed E-state index contributed by atoms with van der Waals surface area (Å²) in [6.07, 6.45) is 3.01. The van der Waals surface area contributed by atoms with Crippen molar-refractivity contribution < 1.29 is 9.72 Å². The number of aromatic amines is 1. The molecule has 0 aliphatic carbocycles. The number of nitrogens with one attached hydrogen (secondary N) is 1. The first-order valence-corrected chi connectivity index (χ1v) is 8.91. The average Bonchev–Trinajstić information content (AvgIpc) is 3.25. The van der Waals surface area contributed by atoms with Crippen molar-refractivity contribution in [1.29, 1.82) is 0 Å². The third-order valence-electron chi connectivity index (χ3n) is 5.18. The molecule has 0 radical (unpaired) electrons. The number of nitrogens with zero attached hydrogens (tertiary/aromatic N) is 5. The first-order valence-electron chi connectivity index (χ1n) is 8.91. The van der Waals surface area contributed by atoms with Crippen LogP contribution in [0.1, 0.15) is 30.0 Å². The number of aromatic nitrogens is 4. The van der Waals surface area contributed by atoms with E-state index in [1.165, 1.54) is 27.7 Å². The van der Waals surface area contributed by atoms with Crippen molar-refractivity contribution in [2.75, 3.05) is 13.1 Å². The molecule has 3 heterocycles. The fourth-order valence-corrected chi connectivity index (χ4v) is 3.93. The predicted molar refractivity (Wildman–Crippen MR) is 98.3 cm³/mol. The van der Waals surface area contributed by atoms with Gasteiger partial charge in [0.15, 0.2) is 0 Å². The summed E-state index contributed by atoms with van der Waals surface area (Å²) in [7, 11) is 0. The van der Waals surface area contributed by atoms with Gasteiger partial charge in [-0.3, -0.25) is 4.79 Å². The molecule has 140 valence electrons. The lowest BCUT2D eigenvalue weighted by Crippen LogP contribution is -2.39. The number of benzene rings is 1. The number of piperidine rings is 1. The Bertz CT molecular complexity index is 1000. The van der Waals surface area contributed by atoms with Gasteiger partial charge in [-0.2, -0.15) is 4.68 Å². The largest absolute Gasteiger partial charge is 0.490 e. The van der Waals surface area contributed by atoms with E-state index >= 15 is 0 Å². The maximum Gasteiger partial charge on any atom is 0.490 e. The molecule has 2 aromatic heterocycles. The van der Waals surface area contributed by atoms with Gasteiger partial charge in [0.25, 0.3) is 0 Å². The van der Waals surface area contributed by atoms with Gasteiger partial charge in [0.2, 0.25) is 12.2 Å². The number of aryl methyl sites for hydroxylation is 1. The molecule has 1 fully saturated rings. The second-order valence-electron chi connectivity index (χ2n) is 6.86. The monoisotopic (exact) mass is 368 g/mol. The topological polar surface area (TPSA) is 110 Å². The lowest BCUT2D eigenvalue weighted by atomic mass is 9.87. The molecule has 0 bridgehead atoms. The Labute approximate surface area is 155 Å². The third kappa shape index (κ3) is 3.27. The van der Waals surface area contributed by atoms with Gasteiger partial charge in [0.05, 0.1) is 0 Å². The van der Waals surface area contributed by atoms with E-state index in [-0.39, 0.29) is 12.5 Å². The number of H-pyrrole nitrogens is 1. The van der Waals surface area contributed by atoms with Crippen LogP contribution in [0.25, 0.3) is 10.9 Å². The van der Waals surface area contributed by atoms with Gasteiger partial charge in [-0.1, -0.05) is 23.2 Å². The fraction of sp³-hybridized carbons (Fsp3) is 0.389. The molecule has 0 saturated carbocycles. The van der Waals surface area contributed by atoms with E-state index < -0.39 is 10.9 Å². The summed E-state index contributed by atoms with van der Waals surface area (Å²) in [6, 6.07) is 8.30. The molecule has 3 aromatic rings. The van der Waals surface area contributed by atoms with Gasteiger partial charge in [-0.25, -0.2) is 0 Å². The Morgan fingerprint density at radius 3 is 2.78 bits per heavy atom. The molecular formula is C18H20N6O3. The van der Waals surface area contributed by atoms with E-state index in [1.54, 1.807) is 4.90 Å². The number of hydrogen-bond acceptors (Lipinski definition) is 5. The number of fused-ring (bicyclic) bond motifs is 1. The zero-order valence-electron chi connectivity index (χ0n) is 15.0. The van der Waals surface area contributed by atoms with Crippen LogP contribution in [0, 0.1) is 17.0 Å². The molecule has 1 aliphatic rings. The number of carbonyl (C=O) groups excluding carboxylic acids is 1. The number of hydrogen-bond donors (Lipinski definition) is 1. The number of carbonyl (C=O) groups is 1. The third-order valence-corrected chi connectivity index (χ3v) is 5.18. The molecule has 1 aliphatic heterocycles. The Hall–Kier alpha value is -3.23. The van der Waals surface area contributed by atoms with Crippen LogP contribution < -0.4 is 0 Å². The summed E-state index contributed by atoms with van der Waals surface area (Å²) in [5.41, 5.74) is 3.69. The fourth-order valence-electron chi connectivity index (χ4n) is 3.93. The molecule has 1 saturated heterocycles. The quantitative estimate of drug-likeness (QED) is 0.561. The molecule has 0 atom stereocenters. The van der Waals surface area contributed by atoms with Gasteiger partial charge in [0.1, 0.15) is 6.54 Å². The molecule has 9 nitrogen and oxygen atoms in total. The molecular weight excluding hydrogens is 348 g/mol. The standard InChI is InChI=1S/C18H20N6O3/c1-12-17(14-4-2-3-5-15(14)20-12)13-6-8-22(9-7-13)16(25)10-23-11-19-18(21-23)24(26)27/h2-5,11,13,20H,6-10H2,1H3. The normalized spacial score (nSPS) is 15.4. The van der Waals surface area contributed by atoms with E-state index in [9.17, 15) is 14.9 Å². The molecule has 1 aromatic carbocycles. The highest BCUT2D eigenvalue weighted by Crippen LogP contribution is 2.35. The van der Waals surface area contributed by atoms with Crippen LogP contribution in [0.5, 0.6) is 0 Å². The van der Waals surface area contributed by atoms with E-state index in [4.69, 9.17) is 0 Å². The lowest BCUT2D eigenvalue weighted by molar-refractivity contribution is -0.394. The van der Waals surface area contributed by atoms with Crippen molar-refractivity contribution in [1.82, 2.24) is 24.6 Å². The molecule has 27 heavy (non-hydrogen) atoms. The highest BCUT2D eigenvalue weighted by atomic mass is 16.6. The molecule has 9 heteroatoms. The van der Waals surface area contributed by atoms with Crippen LogP contribution in [-0.4, -0.2) is 48.6 Å². The molecule has 0 spiro atoms. The average molecular weight is 368 g/mol. The Balaban J connectivity index is 1.41. The minimum absolute atomic E-state index is 0.0301. The number of amides is 1. The maximum absolute atomic E-state index is 12.5. The predicted octanol–water partition coefficient (Wildman–Crippen LogP) is 2.38. The van der Waals surface area contributed by atoms with Crippen molar-refractivity contribution in [3.05, 3.63) is 52.0 Å². The van der Waals surface area contributed by atoms with Crippen LogP contribution in [-0.2, 0) is 11.3 Å². The maximum atomic E-state index is 12.5. The second kappa shape index (κ2) is 6.82. The van der Waals surface area contributed by atoms with Crippen LogP contribution in [0.2, 0.25) is 0 Å². The van der Waals surface area contributed by atoms with Gasteiger partial charge in [-0.15, -0.1) is 0 Å². The summed E-state index contributed by atoms with van der Waals surface area (Å²) >= 11 is 0. The molecule has 4 rings (SSSR count). The molecule has 0 unspecified atom stereocenters. The van der Waals surface area contributed by atoms with Crippen molar-refractivity contribution in [2.45, 2.75) is 32.2 Å². The van der Waals surface area contributed by atoms with E-state index in [1.807, 2.05) is 6.07 Å². The van der Waals surface area contributed by atoms with Gasteiger partial charge >= 0.3 is 5.95 Å². The number of nitro groups is 1. The minimum atomic E-state index is -0.671. The van der Waals surface area contributed by atoms with E-state index in [0.29, 0.717) is 19.0 Å². The zero-order chi connectivity index (χ0) is 19.0. The van der Waals surface area contributed by atoms with Crippen molar-refractivity contribution >= 4 is 22.8 Å². The van der Waals surface area contributed by atoms with Crippen LogP contribution in [0.4, 0.5) is 5.95 Å². The first-order chi connectivity index (χ1) is 13.0. The highest BCUT2D eigenvalue weighted by molar-refractivity contribution is 5.85. The van der Waals surface area contributed by atoms with Crippen molar-refractivity contribution in [3.63, 3.8) is 0 Å². The molecule has 1 amide bonds. The van der Waals surface area contributed by atoms with Crippen LogP contribution in [0.3, 0.4) is 0 Å². The van der Waals surface area contributed by atoms with Gasteiger partial charge in [0, 0.05) is 34.8 Å². The highest BCUT2D eigenvalue weighted by Gasteiger charge is 2.27. The van der Waals surface area contributed by atoms with Crippen molar-refractivity contribution in [2.24, 2.45) is 0 Å². The Kier molecular flexibility index (Phi) is 4.35.